The molecule has 0 N–H and O–H groups in total. The van der Waals surface area contributed by atoms with E-state index in [2.05, 4.69) is 20.0 Å². The standard InChI is InChI=1S/C21H30N6O2/c1-25(20(28)5-4-17-6-10-23-26(17)2)18-12-15-8-11-27(14-16(15)13-18)21-22-9-7-19(24-21)29-3/h6-7,9-10,15-16,18H,4-5,8,11-14H2,1-3H3/t15-,16-,18+/m1/s1. The van der Waals surface area contributed by atoms with Gasteiger partial charge in [0.2, 0.25) is 17.7 Å². The van der Waals surface area contributed by atoms with Crippen molar-refractivity contribution in [2.45, 2.75) is 38.1 Å². The highest BCUT2D eigenvalue weighted by Crippen LogP contribution is 2.40. The first-order valence-corrected chi connectivity index (χ1v) is 10.4. The van der Waals surface area contributed by atoms with E-state index in [0.29, 0.717) is 30.2 Å². The molecule has 2 aromatic rings. The Labute approximate surface area is 171 Å². The lowest BCUT2D eigenvalue weighted by Crippen LogP contribution is -2.39. The molecule has 2 aromatic heterocycles. The van der Waals surface area contributed by atoms with Gasteiger partial charge in [-0.05, 0) is 43.6 Å². The van der Waals surface area contributed by atoms with Crippen LogP contribution in [0.15, 0.2) is 24.5 Å². The summed E-state index contributed by atoms with van der Waals surface area (Å²) in [5.74, 6) is 2.82. The summed E-state index contributed by atoms with van der Waals surface area (Å²) in [5, 5.41) is 4.18. The molecule has 8 nitrogen and oxygen atoms in total. The number of nitrogens with zero attached hydrogens (tertiary/aromatic N) is 6. The van der Waals surface area contributed by atoms with E-state index in [4.69, 9.17) is 4.74 Å². The van der Waals surface area contributed by atoms with Gasteiger partial charge in [0.25, 0.3) is 0 Å². The first-order valence-electron chi connectivity index (χ1n) is 10.4. The number of piperidine rings is 1. The van der Waals surface area contributed by atoms with Crippen LogP contribution >= 0.6 is 0 Å². The third kappa shape index (κ3) is 4.21. The van der Waals surface area contributed by atoms with Crippen molar-refractivity contribution < 1.29 is 9.53 Å². The molecule has 0 unspecified atom stereocenters. The Bertz CT molecular complexity index is 853. The molecular weight excluding hydrogens is 368 g/mol. The second-order valence-electron chi connectivity index (χ2n) is 8.23. The van der Waals surface area contributed by atoms with Crippen LogP contribution in [0.3, 0.4) is 0 Å². The molecule has 0 aromatic carbocycles. The third-order valence-electron chi connectivity index (χ3n) is 6.61. The van der Waals surface area contributed by atoms with Gasteiger partial charge in [-0.2, -0.15) is 10.1 Å². The Morgan fingerprint density at radius 1 is 1.28 bits per heavy atom. The van der Waals surface area contributed by atoms with Crippen molar-refractivity contribution in [3.8, 4) is 5.88 Å². The van der Waals surface area contributed by atoms with E-state index < -0.39 is 0 Å². The minimum Gasteiger partial charge on any atom is -0.481 e. The highest BCUT2D eigenvalue weighted by atomic mass is 16.5. The van der Waals surface area contributed by atoms with E-state index in [1.165, 1.54) is 0 Å². The van der Waals surface area contributed by atoms with Gasteiger partial charge >= 0.3 is 0 Å². The van der Waals surface area contributed by atoms with Gasteiger partial charge < -0.3 is 14.5 Å². The van der Waals surface area contributed by atoms with Crippen LogP contribution in [0.4, 0.5) is 5.95 Å². The fourth-order valence-electron chi connectivity index (χ4n) is 4.81. The summed E-state index contributed by atoms with van der Waals surface area (Å²) in [6, 6.07) is 4.08. The van der Waals surface area contributed by atoms with Crippen LogP contribution in [-0.4, -0.2) is 63.8 Å². The summed E-state index contributed by atoms with van der Waals surface area (Å²) >= 11 is 0. The monoisotopic (exact) mass is 398 g/mol. The second-order valence-corrected chi connectivity index (χ2v) is 8.23. The van der Waals surface area contributed by atoms with Crippen molar-refractivity contribution in [2.75, 3.05) is 32.1 Å². The Morgan fingerprint density at radius 3 is 2.86 bits per heavy atom. The predicted molar refractivity (Wildman–Crippen MR) is 110 cm³/mol. The van der Waals surface area contributed by atoms with Gasteiger partial charge in [0.05, 0.1) is 7.11 Å². The number of aryl methyl sites for hydroxylation is 2. The molecule has 2 fully saturated rings. The van der Waals surface area contributed by atoms with Crippen LogP contribution < -0.4 is 9.64 Å². The van der Waals surface area contributed by atoms with Gasteiger partial charge in [-0.15, -0.1) is 0 Å². The molecule has 3 heterocycles. The summed E-state index contributed by atoms with van der Waals surface area (Å²) in [6.07, 6.45) is 8.08. The highest BCUT2D eigenvalue weighted by Gasteiger charge is 2.40. The lowest BCUT2D eigenvalue weighted by atomic mass is 9.89. The van der Waals surface area contributed by atoms with E-state index in [9.17, 15) is 4.79 Å². The van der Waals surface area contributed by atoms with Crippen molar-refractivity contribution in [3.05, 3.63) is 30.2 Å². The average molecular weight is 399 g/mol. The first kappa shape index (κ1) is 19.7. The number of hydrogen-bond acceptors (Lipinski definition) is 6. The highest BCUT2D eigenvalue weighted by molar-refractivity contribution is 5.76. The summed E-state index contributed by atoms with van der Waals surface area (Å²) in [5.41, 5.74) is 1.10. The zero-order valence-corrected chi connectivity index (χ0v) is 17.5. The summed E-state index contributed by atoms with van der Waals surface area (Å²) in [6.45, 7) is 1.91. The number of methoxy groups -OCH3 is 1. The number of amides is 1. The number of hydrogen-bond donors (Lipinski definition) is 0. The van der Waals surface area contributed by atoms with Crippen LogP contribution in [-0.2, 0) is 18.3 Å². The number of ether oxygens (including phenoxy) is 1. The molecule has 1 aliphatic heterocycles. The maximum Gasteiger partial charge on any atom is 0.228 e. The Balaban J connectivity index is 1.33. The lowest BCUT2D eigenvalue weighted by molar-refractivity contribution is -0.131. The predicted octanol–water partition coefficient (Wildman–Crippen LogP) is 1.91. The number of carbonyl (C=O) groups excluding carboxylic acids is 1. The molecule has 1 aliphatic carbocycles. The molecule has 4 rings (SSSR count). The third-order valence-corrected chi connectivity index (χ3v) is 6.61. The largest absolute Gasteiger partial charge is 0.481 e. The summed E-state index contributed by atoms with van der Waals surface area (Å²) in [7, 11) is 5.51. The lowest BCUT2D eigenvalue weighted by Gasteiger charge is -2.34. The zero-order valence-electron chi connectivity index (χ0n) is 17.5. The van der Waals surface area contributed by atoms with Gasteiger partial charge in [0.15, 0.2) is 0 Å². The normalized spacial score (nSPS) is 23.7. The maximum atomic E-state index is 12.8. The molecule has 1 saturated heterocycles. The number of fused-ring (bicyclic) bond motifs is 1. The molecule has 0 spiro atoms. The minimum atomic E-state index is 0.225. The zero-order chi connectivity index (χ0) is 20.4. The molecule has 29 heavy (non-hydrogen) atoms. The van der Waals surface area contributed by atoms with Crippen LogP contribution in [0.2, 0.25) is 0 Å². The fraction of sp³-hybridized carbons (Fsp3) is 0.619. The van der Waals surface area contributed by atoms with Gasteiger partial charge in [0, 0.05) is 63.8 Å². The molecule has 0 radical (unpaired) electrons. The van der Waals surface area contributed by atoms with Crippen molar-refractivity contribution in [3.63, 3.8) is 0 Å². The number of carbonyl (C=O) groups is 1. The summed E-state index contributed by atoms with van der Waals surface area (Å²) in [4.78, 5) is 25.9. The number of aromatic nitrogens is 4. The van der Waals surface area contributed by atoms with Gasteiger partial charge in [-0.25, -0.2) is 4.98 Å². The van der Waals surface area contributed by atoms with Gasteiger partial charge in [-0.3, -0.25) is 9.48 Å². The Kier molecular flexibility index (Phi) is 5.69. The summed E-state index contributed by atoms with van der Waals surface area (Å²) < 4.78 is 7.08. The number of rotatable bonds is 6. The van der Waals surface area contributed by atoms with Crippen LogP contribution in [0.1, 0.15) is 31.4 Å². The smallest absolute Gasteiger partial charge is 0.228 e. The van der Waals surface area contributed by atoms with E-state index in [1.807, 2.05) is 29.7 Å². The number of anilines is 1. The molecule has 8 heteroatoms. The van der Waals surface area contributed by atoms with E-state index in [-0.39, 0.29) is 5.91 Å². The molecule has 0 bridgehead atoms. The quantitative estimate of drug-likeness (QED) is 0.740. The van der Waals surface area contributed by atoms with Crippen molar-refractivity contribution in [1.82, 2.24) is 24.6 Å². The van der Waals surface area contributed by atoms with Crippen molar-refractivity contribution >= 4 is 11.9 Å². The SMILES string of the molecule is COc1ccnc(N2CC[C@@H]3C[C@H](N(C)C(=O)CCc4ccnn4C)C[C@@H]3C2)n1. The molecule has 1 saturated carbocycles. The first-order chi connectivity index (χ1) is 14.0. The minimum absolute atomic E-state index is 0.225. The van der Waals surface area contributed by atoms with Crippen LogP contribution in [0.5, 0.6) is 5.88 Å². The van der Waals surface area contributed by atoms with Gasteiger partial charge in [-0.1, -0.05) is 0 Å². The molecule has 1 amide bonds. The maximum absolute atomic E-state index is 12.8. The Hall–Kier alpha value is -2.64. The molecule has 3 atom stereocenters. The van der Waals surface area contributed by atoms with E-state index in [0.717, 1.165) is 50.4 Å². The average Bonchev–Trinajstić information content (AvgIpc) is 3.36. The van der Waals surface area contributed by atoms with E-state index in [1.54, 1.807) is 25.6 Å². The Morgan fingerprint density at radius 2 is 2.10 bits per heavy atom. The van der Waals surface area contributed by atoms with Crippen LogP contribution in [0, 0.1) is 11.8 Å². The topological polar surface area (TPSA) is 76.4 Å². The van der Waals surface area contributed by atoms with Crippen LogP contribution in [0.25, 0.3) is 0 Å². The van der Waals surface area contributed by atoms with Gasteiger partial charge in [0.1, 0.15) is 0 Å². The fourth-order valence-corrected chi connectivity index (χ4v) is 4.81. The second kappa shape index (κ2) is 8.39. The molecule has 156 valence electrons. The van der Waals surface area contributed by atoms with Crippen molar-refractivity contribution in [2.24, 2.45) is 18.9 Å². The van der Waals surface area contributed by atoms with Crippen molar-refractivity contribution in [1.29, 1.82) is 0 Å². The van der Waals surface area contributed by atoms with E-state index >= 15 is 0 Å². The molecular formula is C21H30N6O2. The molecule has 2 aliphatic rings.